The van der Waals surface area contributed by atoms with Crippen LogP contribution in [0.5, 0.6) is 0 Å². The standard InChI is InChI=1S/C13H23N3O5S/c1-22(20,21)7-8-6-9(15-13(18)19)2-3-11(8)16-5-4-10(14)12(16)17/h8-11,15H,2-7,14H2,1H3,(H,18,19)/t8-,9?,10?,11-/m0/s1. The lowest BCUT2D eigenvalue weighted by Crippen LogP contribution is -2.52. The topological polar surface area (TPSA) is 130 Å². The summed E-state index contributed by atoms with van der Waals surface area (Å²) in [5.74, 6) is -0.447. The van der Waals surface area contributed by atoms with Crippen molar-refractivity contribution in [2.45, 2.75) is 43.8 Å². The van der Waals surface area contributed by atoms with Gasteiger partial charge >= 0.3 is 6.09 Å². The van der Waals surface area contributed by atoms with Gasteiger partial charge in [-0.05, 0) is 31.6 Å². The number of sulfone groups is 1. The molecule has 1 heterocycles. The normalized spacial score (nSPS) is 33.0. The minimum Gasteiger partial charge on any atom is -0.465 e. The van der Waals surface area contributed by atoms with E-state index in [0.717, 1.165) is 6.26 Å². The van der Waals surface area contributed by atoms with E-state index in [4.69, 9.17) is 10.8 Å². The lowest BCUT2D eigenvalue weighted by Gasteiger charge is -2.40. The average molecular weight is 333 g/mol. The Labute approximate surface area is 129 Å². The largest absolute Gasteiger partial charge is 0.465 e. The monoisotopic (exact) mass is 333 g/mol. The molecule has 0 aromatic heterocycles. The van der Waals surface area contributed by atoms with E-state index in [1.165, 1.54) is 0 Å². The fourth-order valence-electron chi connectivity index (χ4n) is 3.59. The first-order valence-corrected chi connectivity index (χ1v) is 9.46. The molecular weight excluding hydrogens is 310 g/mol. The van der Waals surface area contributed by atoms with E-state index in [9.17, 15) is 18.0 Å². The number of carbonyl (C=O) groups excluding carboxylic acids is 1. The molecule has 1 aliphatic carbocycles. The van der Waals surface area contributed by atoms with Crippen molar-refractivity contribution < 1.29 is 23.1 Å². The van der Waals surface area contributed by atoms with Gasteiger partial charge in [0.05, 0.1) is 11.8 Å². The van der Waals surface area contributed by atoms with Crippen LogP contribution in [-0.4, -0.2) is 67.1 Å². The fraction of sp³-hybridized carbons (Fsp3) is 0.846. The molecule has 126 valence electrons. The first-order valence-electron chi connectivity index (χ1n) is 7.40. The van der Waals surface area contributed by atoms with Crippen LogP contribution in [0.2, 0.25) is 0 Å². The van der Waals surface area contributed by atoms with Crippen LogP contribution in [0.3, 0.4) is 0 Å². The Kier molecular flexibility index (Phi) is 4.96. The molecule has 0 bridgehead atoms. The van der Waals surface area contributed by atoms with Crippen molar-refractivity contribution in [1.82, 2.24) is 10.2 Å². The molecule has 0 aromatic rings. The molecule has 22 heavy (non-hydrogen) atoms. The second-order valence-electron chi connectivity index (χ2n) is 6.31. The van der Waals surface area contributed by atoms with Crippen LogP contribution in [0, 0.1) is 5.92 Å². The van der Waals surface area contributed by atoms with Crippen LogP contribution in [-0.2, 0) is 14.6 Å². The Morgan fingerprint density at radius 2 is 2.09 bits per heavy atom. The summed E-state index contributed by atoms with van der Waals surface area (Å²) in [7, 11) is -3.21. The van der Waals surface area contributed by atoms with Gasteiger partial charge in [-0.1, -0.05) is 0 Å². The number of rotatable bonds is 4. The molecule has 9 heteroatoms. The number of likely N-dealkylation sites (tertiary alicyclic amines) is 1. The molecular formula is C13H23N3O5S. The van der Waals surface area contributed by atoms with Crippen molar-refractivity contribution in [3.05, 3.63) is 0 Å². The SMILES string of the molecule is CS(=O)(=O)C[C@@H]1CC(NC(=O)O)CC[C@@H]1N1CCC(N)C1=O. The second-order valence-corrected chi connectivity index (χ2v) is 8.49. The van der Waals surface area contributed by atoms with Crippen molar-refractivity contribution in [2.75, 3.05) is 18.6 Å². The smallest absolute Gasteiger partial charge is 0.404 e. The zero-order valence-electron chi connectivity index (χ0n) is 12.6. The molecule has 2 rings (SSSR count). The Morgan fingerprint density at radius 1 is 1.41 bits per heavy atom. The van der Waals surface area contributed by atoms with E-state index < -0.39 is 22.0 Å². The van der Waals surface area contributed by atoms with Crippen molar-refractivity contribution in [3.8, 4) is 0 Å². The Bertz CT molecular complexity index is 550. The van der Waals surface area contributed by atoms with Crippen LogP contribution < -0.4 is 11.1 Å². The van der Waals surface area contributed by atoms with Gasteiger partial charge in [-0.25, -0.2) is 13.2 Å². The van der Waals surface area contributed by atoms with Crippen molar-refractivity contribution >= 4 is 21.8 Å². The van der Waals surface area contributed by atoms with Gasteiger partial charge in [0, 0.05) is 24.9 Å². The van der Waals surface area contributed by atoms with Crippen LogP contribution in [0.1, 0.15) is 25.7 Å². The molecule has 2 amide bonds. The van der Waals surface area contributed by atoms with Gasteiger partial charge < -0.3 is 21.1 Å². The highest BCUT2D eigenvalue weighted by atomic mass is 32.2. The predicted molar refractivity (Wildman–Crippen MR) is 80.1 cm³/mol. The van der Waals surface area contributed by atoms with Crippen LogP contribution >= 0.6 is 0 Å². The molecule has 1 aliphatic heterocycles. The summed E-state index contributed by atoms with van der Waals surface area (Å²) in [6, 6.07) is -0.955. The first-order chi connectivity index (χ1) is 10.2. The van der Waals surface area contributed by atoms with E-state index in [0.29, 0.717) is 32.2 Å². The van der Waals surface area contributed by atoms with Gasteiger partial charge in [-0.15, -0.1) is 0 Å². The van der Waals surface area contributed by atoms with E-state index >= 15 is 0 Å². The summed E-state index contributed by atoms with van der Waals surface area (Å²) >= 11 is 0. The Balaban J connectivity index is 2.13. The van der Waals surface area contributed by atoms with Gasteiger partial charge in [0.1, 0.15) is 9.84 Å². The van der Waals surface area contributed by atoms with Crippen molar-refractivity contribution in [3.63, 3.8) is 0 Å². The van der Waals surface area contributed by atoms with Gasteiger partial charge in [0.15, 0.2) is 0 Å². The number of carboxylic acid groups (broad SMARTS) is 1. The zero-order valence-corrected chi connectivity index (χ0v) is 13.4. The van der Waals surface area contributed by atoms with Crippen LogP contribution in [0.15, 0.2) is 0 Å². The maximum absolute atomic E-state index is 12.1. The molecule has 0 radical (unpaired) electrons. The zero-order chi connectivity index (χ0) is 16.5. The molecule has 8 nitrogen and oxygen atoms in total. The van der Waals surface area contributed by atoms with E-state index in [1.807, 2.05) is 0 Å². The molecule has 0 aromatic carbocycles. The second kappa shape index (κ2) is 6.41. The summed E-state index contributed by atoms with van der Waals surface area (Å²) in [4.78, 5) is 24.6. The number of nitrogens with zero attached hydrogens (tertiary/aromatic N) is 1. The van der Waals surface area contributed by atoms with E-state index in [1.54, 1.807) is 4.90 Å². The summed E-state index contributed by atoms with van der Waals surface area (Å²) in [5.41, 5.74) is 5.74. The summed E-state index contributed by atoms with van der Waals surface area (Å²) in [5, 5.41) is 11.3. The number of nitrogens with two attached hydrogens (primary N) is 1. The molecule has 0 spiro atoms. The maximum Gasteiger partial charge on any atom is 0.404 e. The predicted octanol–water partition coefficient (Wildman–Crippen LogP) is -0.604. The molecule has 2 aliphatic rings. The molecule has 1 saturated heterocycles. The van der Waals surface area contributed by atoms with Gasteiger partial charge in [0.2, 0.25) is 5.91 Å². The summed E-state index contributed by atoms with van der Waals surface area (Å²) < 4.78 is 23.3. The van der Waals surface area contributed by atoms with Crippen molar-refractivity contribution in [2.24, 2.45) is 11.7 Å². The molecule has 4 atom stereocenters. The highest BCUT2D eigenvalue weighted by Crippen LogP contribution is 2.32. The average Bonchev–Trinajstić information content (AvgIpc) is 2.68. The Morgan fingerprint density at radius 3 is 2.59 bits per heavy atom. The molecule has 2 unspecified atom stereocenters. The van der Waals surface area contributed by atoms with Gasteiger partial charge in [-0.3, -0.25) is 4.79 Å². The highest BCUT2D eigenvalue weighted by molar-refractivity contribution is 7.90. The summed E-state index contributed by atoms with van der Waals surface area (Å²) in [6.07, 6.45) is 2.23. The highest BCUT2D eigenvalue weighted by Gasteiger charge is 2.41. The third-order valence-electron chi connectivity index (χ3n) is 4.47. The van der Waals surface area contributed by atoms with Gasteiger partial charge in [-0.2, -0.15) is 0 Å². The number of hydrogen-bond acceptors (Lipinski definition) is 5. The minimum absolute atomic E-state index is 0.0471. The molecule has 4 N–H and O–H groups in total. The third-order valence-corrected chi connectivity index (χ3v) is 5.50. The van der Waals surface area contributed by atoms with Crippen molar-refractivity contribution in [1.29, 1.82) is 0 Å². The van der Waals surface area contributed by atoms with E-state index in [2.05, 4.69) is 5.32 Å². The number of nitrogens with one attached hydrogen (secondary N) is 1. The third kappa shape index (κ3) is 4.10. The minimum atomic E-state index is -3.21. The quantitative estimate of drug-likeness (QED) is 0.629. The lowest BCUT2D eigenvalue weighted by atomic mass is 9.81. The summed E-state index contributed by atoms with van der Waals surface area (Å²) in [6.45, 7) is 0.544. The van der Waals surface area contributed by atoms with Gasteiger partial charge in [0.25, 0.3) is 0 Å². The maximum atomic E-state index is 12.1. The van der Waals surface area contributed by atoms with Crippen LogP contribution in [0.25, 0.3) is 0 Å². The number of amides is 2. The number of carbonyl (C=O) groups is 2. The number of hydrogen-bond donors (Lipinski definition) is 3. The Hall–Kier alpha value is -1.35. The fourth-order valence-corrected chi connectivity index (χ4v) is 4.72. The van der Waals surface area contributed by atoms with Crippen LogP contribution in [0.4, 0.5) is 4.79 Å². The lowest BCUT2D eigenvalue weighted by molar-refractivity contribution is -0.132. The molecule has 2 fully saturated rings. The first kappa shape index (κ1) is 17.0. The van der Waals surface area contributed by atoms with E-state index in [-0.39, 0.29) is 29.7 Å². The molecule has 1 saturated carbocycles.